The van der Waals surface area contributed by atoms with Gasteiger partial charge in [0, 0.05) is 16.7 Å². The number of halogens is 7. The molecule has 0 amide bonds. The second kappa shape index (κ2) is 15.8. The molecule has 0 saturated carbocycles. The molecule has 0 N–H and O–H groups in total. The summed E-state index contributed by atoms with van der Waals surface area (Å²) >= 11 is 0. The first kappa shape index (κ1) is 32.6. The fourth-order valence-electron chi connectivity index (χ4n) is 3.38. The minimum atomic E-state index is -4.39. The van der Waals surface area contributed by atoms with E-state index in [1.807, 2.05) is 20.8 Å². The summed E-state index contributed by atoms with van der Waals surface area (Å²) in [7, 11) is 0. The zero-order valence-corrected chi connectivity index (χ0v) is 22.3. The molecule has 0 aliphatic carbocycles. The predicted molar refractivity (Wildman–Crippen MR) is 137 cm³/mol. The SMILES string of the molecule is CCCOc1cc(OCCC)c(-c2cc(F)c(CF)c(F)c2)c(OCCC)c1.FOc1ccc(C(F)(F)F)cc1. The van der Waals surface area contributed by atoms with Crippen molar-refractivity contribution in [1.82, 2.24) is 0 Å². The summed E-state index contributed by atoms with van der Waals surface area (Å²) in [6, 6.07) is 8.90. The summed E-state index contributed by atoms with van der Waals surface area (Å²) < 4.78 is 106. The summed E-state index contributed by atoms with van der Waals surface area (Å²) in [6.45, 7) is 6.07. The van der Waals surface area contributed by atoms with E-state index in [4.69, 9.17) is 14.2 Å². The fourth-order valence-corrected chi connectivity index (χ4v) is 3.38. The van der Waals surface area contributed by atoms with Crippen LogP contribution in [0.25, 0.3) is 11.1 Å². The number of alkyl halides is 4. The molecular formula is C29H31F7O4. The van der Waals surface area contributed by atoms with E-state index in [2.05, 4.69) is 4.94 Å². The van der Waals surface area contributed by atoms with Gasteiger partial charge in [0.1, 0.15) is 35.6 Å². The number of hydrogen-bond donors (Lipinski definition) is 0. The first-order chi connectivity index (χ1) is 19.1. The van der Waals surface area contributed by atoms with Gasteiger partial charge in [-0.15, -0.1) is 0 Å². The van der Waals surface area contributed by atoms with Crippen LogP contribution in [0, 0.1) is 11.6 Å². The number of rotatable bonds is 12. The second-order valence-corrected chi connectivity index (χ2v) is 8.49. The van der Waals surface area contributed by atoms with Crippen LogP contribution in [0.4, 0.5) is 30.9 Å². The zero-order chi connectivity index (χ0) is 29.7. The Morgan fingerprint density at radius 2 is 1.15 bits per heavy atom. The van der Waals surface area contributed by atoms with Crippen molar-refractivity contribution in [3.8, 4) is 34.1 Å². The summed E-state index contributed by atoms with van der Waals surface area (Å²) in [4.78, 5) is 3.21. The van der Waals surface area contributed by atoms with Crippen LogP contribution >= 0.6 is 0 Å². The summed E-state index contributed by atoms with van der Waals surface area (Å²) in [5.41, 5.74) is -0.762. The molecule has 0 aromatic heterocycles. The molecule has 0 aliphatic heterocycles. The summed E-state index contributed by atoms with van der Waals surface area (Å²) in [6.07, 6.45) is -2.05. The van der Waals surface area contributed by atoms with E-state index in [1.54, 1.807) is 12.1 Å². The Kier molecular flexibility index (Phi) is 12.9. The molecule has 3 aromatic carbocycles. The Bertz CT molecular complexity index is 1150. The normalized spacial score (nSPS) is 10.9. The van der Waals surface area contributed by atoms with E-state index in [1.165, 1.54) is 0 Å². The Balaban J connectivity index is 0.000000389. The summed E-state index contributed by atoms with van der Waals surface area (Å²) in [5, 5.41) is 0. The smallest absolute Gasteiger partial charge is 0.416 e. The van der Waals surface area contributed by atoms with Gasteiger partial charge in [0.15, 0.2) is 5.75 Å². The van der Waals surface area contributed by atoms with Crippen LogP contribution in [0.15, 0.2) is 48.5 Å². The van der Waals surface area contributed by atoms with Crippen molar-refractivity contribution in [2.75, 3.05) is 19.8 Å². The number of hydrogen-bond acceptors (Lipinski definition) is 4. The van der Waals surface area contributed by atoms with Crippen LogP contribution in [0.3, 0.4) is 0 Å². The van der Waals surface area contributed by atoms with Gasteiger partial charge in [-0.05, 0) is 61.2 Å². The van der Waals surface area contributed by atoms with Crippen molar-refractivity contribution in [3.63, 3.8) is 0 Å². The maximum Gasteiger partial charge on any atom is 0.416 e. The molecule has 3 aromatic rings. The first-order valence-electron chi connectivity index (χ1n) is 12.7. The monoisotopic (exact) mass is 576 g/mol. The molecule has 0 fully saturated rings. The molecule has 40 heavy (non-hydrogen) atoms. The second-order valence-electron chi connectivity index (χ2n) is 8.49. The van der Waals surface area contributed by atoms with E-state index in [0.29, 0.717) is 42.6 Å². The lowest BCUT2D eigenvalue weighted by Crippen LogP contribution is -2.04. The van der Waals surface area contributed by atoms with Crippen molar-refractivity contribution in [1.29, 1.82) is 0 Å². The van der Waals surface area contributed by atoms with Gasteiger partial charge in [0.25, 0.3) is 0 Å². The largest absolute Gasteiger partial charge is 0.493 e. The third kappa shape index (κ3) is 9.24. The van der Waals surface area contributed by atoms with Gasteiger partial charge in [-0.3, -0.25) is 4.94 Å². The van der Waals surface area contributed by atoms with Gasteiger partial charge < -0.3 is 14.2 Å². The average molecular weight is 577 g/mol. The van der Waals surface area contributed by atoms with E-state index in [9.17, 15) is 30.9 Å². The highest BCUT2D eigenvalue weighted by molar-refractivity contribution is 5.78. The molecule has 0 atom stereocenters. The molecule has 0 aliphatic rings. The maximum absolute atomic E-state index is 14.2. The molecule has 0 spiro atoms. The molecule has 0 unspecified atom stereocenters. The minimum Gasteiger partial charge on any atom is -0.493 e. The third-order valence-corrected chi connectivity index (χ3v) is 5.27. The quantitative estimate of drug-likeness (QED) is 0.201. The molecule has 0 saturated heterocycles. The fraction of sp³-hybridized carbons (Fsp3) is 0.379. The maximum atomic E-state index is 14.2. The highest BCUT2D eigenvalue weighted by atomic mass is 19.4. The molecule has 11 heteroatoms. The Hall–Kier alpha value is -3.63. The van der Waals surface area contributed by atoms with E-state index in [-0.39, 0.29) is 11.3 Å². The molecule has 0 radical (unpaired) electrons. The van der Waals surface area contributed by atoms with Crippen LogP contribution in [-0.4, -0.2) is 19.8 Å². The highest BCUT2D eigenvalue weighted by Gasteiger charge is 2.30. The Labute approximate surface area is 228 Å². The minimum absolute atomic E-state index is 0.228. The van der Waals surface area contributed by atoms with Crippen molar-refractivity contribution < 1.29 is 50.0 Å². The molecule has 0 heterocycles. The van der Waals surface area contributed by atoms with Crippen LogP contribution in [0.5, 0.6) is 23.0 Å². The number of ether oxygens (including phenoxy) is 3. The van der Waals surface area contributed by atoms with Crippen molar-refractivity contribution in [2.24, 2.45) is 0 Å². The lowest BCUT2D eigenvalue weighted by atomic mass is 10.0. The van der Waals surface area contributed by atoms with Crippen LogP contribution in [0.1, 0.15) is 51.2 Å². The zero-order valence-electron chi connectivity index (χ0n) is 22.3. The van der Waals surface area contributed by atoms with Crippen LogP contribution < -0.4 is 19.2 Å². The molecular weight excluding hydrogens is 545 g/mol. The lowest BCUT2D eigenvalue weighted by molar-refractivity contribution is -0.137. The first-order valence-corrected chi connectivity index (χ1v) is 12.7. The van der Waals surface area contributed by atoms with E-state index >= 15 is 0 Å². The van der Waals surface area contributed by atoms with Gasteiger partial charge in [0.05, 0.1) is 36.5 Å². The molecule has 220 valence electrons. The van der Waals surface area contributed by atoms with Gasteiger partial charge in [-0.1, -0.05) is 20.8 Å². The van der Waals surface area contributed by atoms with Gasteiger partial charge in [0.2, 0.25) is 0 Å². The number of benzene rings is 3. The predicted octanol–water partition coefficient (Wildman–Crippen LogP) is 9.44. The van der Waals surface area contributed by atoms with Gasteiger partial charge >= 0.3 is 6.18 Å². The van der Waals surface area contributed by atoms with Gasteiger partial charge in [-0.25, -0.2) is 13.2 Å². The topological polar surface area (TPSA) is 36.9 Å². The van der Waals surface area contributed by atoms with Crippen molar-refractivity contribution in [3.05, 3.63) is 71.3 Å². The standard InChI is InChI=1S/C22H27F3O3.C7H4F4O/c1-4-7-26-16-12-20(27-8-5-2)22(21(13-16)28-9-6-3)15-10-18(24)17(14-23)19(25)11-15;8-7(9,10)5-1-3-6(12-11)4-2-5/h10-13H,4-9,14H2,1-3H3;1-4H. The molecule has 3 rings (SSSR count). The average Bonchev–Trinajstić information content (AvgIpc) is 2.93. The molecule has 0 bridgehead atoms. The third-order valence-electron chi connectivity index (χ3n) is 5.27. The Morgan fingerprint density at radius 1 is 0.675 bits per heavy atom. The highest BCUT2D eigenvalue weighted by Crippen LogP contribution is 2.43. The lowest BCUT2D eigenvalue weighted by Gasteiger charge is -2.19. The van der Waals surface area contributed by atoms with Crippen molar-refractivity contribution in [2.45, 2.75) is 52.9 Å². The van der Waals surface area contributed by atoms with Gasteiger partial charge in [-0.2, -0.15) is 13.2 Å². The summed E-state index contributed by atoms with van der Waals surface area (Å²) in [5.74, 6) is -0.743. The van der Waals surface area contributed by atoms with E-state index in [0.717, 1.165) is 55.7 Å². The van der Waals surface area contributed by atoms with Crippen LogP contribution in [0.2, 0.25) is 0 Å². The molecule has 4 nitrogen and oxygen atoms in total. The van der Waals surface area contributed by atoms with Crippen molar-refractivity contribution >= 4 is 0 Å². The van der Waals surface area contributed by atoms with E-state index < -0.39 is 35.6 Å². The Morgan fingerprint density at radius 3 is 1.55 bits per heavy atom. The van der Waals surface area contributed by atoms with Crippen LogP contribution in [-0.2, 0) is 12.9 Å².